The van der Waals surface area contributed by atoms with E-state index in [4.69, 9.17) is 5.11 Å². The average molecular weight is 255 g/mol. The molecule has 100 valence electrons. The largest absolute Gasteiger partial charge is 0.480 e. The Morgan fingerprint density at radius 1 is 1.44 bits per heavy atom. The van der Waals surface area contributed by atoms with Crippen molar-refractivity contribution in [2.75, 3.05) is 19.6 Å². The summed E-state index contributed by atoms with van der Waals surface area (Å²) in [5.74, 6) is -0.934. The molecule has 0 spiro atoms. The van der Waals surface area contributed by atoms with E-state index in [0.29, 0.717) is 12.5 Å². The number of rotatable bonds is 3. The summed E-state index contributed by atoms with van der Waals surface area (Å²) in [6.07, 6.45) is 3.39. The molecule has 1 unspecified atom stereocenters. The standard InChI is InChI=1S/C11H17N3O4/c15-9-6-14(8(5-12-9)10(16)17)11(18)13-4-7-2-1-3-7/h7-8H,1-6H2,(H,12,15)(H,13,18)(H,16,17). The van der Waals surface area contributed by atoms with Gasteiger partial charge in [0.25, 0.3) is 0 Å². The number of carbonyl (C=O) groups excluding carboxylic acids is 2. The number of nitrogens with zero attached hydrogens (tertiary/aromatic N) is 1. The SMILES string of the molecule is O=C1CN(C(=O)NCC2CCC2)C(C(=O)O)CN1. The average Bonchev–Trinajstić information content (AvgIpc) is 2.26. The Labute approximate surface area is 105 Å². The molecule has 1 atom stereocenters. The van der Waals surface area contributed by atoms with E-state index in [1.165, 1.54) is 6.42 Å². The Morgan fingerprint density at radius 3 is 2.72 bits per heavy atom. The topological polar surface area (TPSA) is 98.7 Å². The number of carbonyl (C=O) groups is 3. The summed E-state index contributed by atoms with van der Waals surface area (Å²) in [6.45, 7) is 0.321. The van der Waals surface area contributed by atoms with Crippen molar-refractivity contribution in [3.8, 4) is 0 Å². The number of nitrogens with one attached hydrogen (secondary N) is 2. The number of hydrogen-bond donors (Lipinski definition) is 3. The Morgan fingerprint density at radius 2 is 2.17 bits per heavy atom. The van der Waals surface area contributed by atoms with E-state index in [9.17, 15) is 14.4 Å². The number of urea groups is 1. The number of amides is 3. The maximum Gasteiger partial charge on any atom is 0.328 e. The van der Waals surface area contributed by atoms with E-state index in [1.54, 1.807) is 0 Å². The first-order valence-electron chi connectivity index (χ1n) is 6.12. The van der Waals surface area contributed by atoms with E-state index in [0.717, 1.165) is 17.7 Å². The van der Waals surface area contributed by atoms with Gasteiger partial charge in [-0.3, -0.25) is 9.69 Å². The van der Waals surface area contributed by atoms with E-state index in [-0.39, 0.29) is 19.0 Å². The molecule has 1 saturated heterocycles. The number of carboxylic acids is 1. The zero-order valence-electron chi connectivity index (χ0n) is 10.0. The molecule has 18 heavy (non-hydrogen) atoms. The lowest BCUT2D eigenvalue weighted by Gasteiger charge is -2.34. The fourth-order valence-corrected chi connectivity index (χ4v) is 2.11. The number of carboxylic acid groups (broad SMARTS) is 1. The van der Waals surface area contributed by atoms with Gasteiger partial charge in [0.05, 0.1) is 0 Å². The summed E-state index contributed by atoms with van der Waals surface area (Å²) in [7, 11) is 0. The van der Waals surface area contributed by atoms with Crippen molar-refractivity contribution in [1.82, 2.24) is 15.5 Å². The van der Waals surface area contributed by atoms with Crippen LogP contribution in [-0.2, 0) is 9.59 Å². The van der Waals surface area contributed by atoms with Crippen LogP contribution < -0.4 is 10.6 Å². The number of piperazine rings is 1. The molecule has 1 aliphatic carbocycles. The third-order valence-corrected chi connectivity index (χ3v) is 3.50. The molecule has 0 aromatic heterocycles. The molecule has 0 aromatic rings. The molecular weight excluding hydrogens is 238 g/mol. The third kappa shape index (κ3) is 2.72. The van der Waals surface area contributed by atoms with Crippen molar-refractivity contribution in [3.05, 3.63) is 0 Å². The second-order valence-corrected chi connectivity index (χ2v) is 4.77. The minimum Gasteiger partial charge on any atom is -0.480 e. The fraction of sp³-hybridized carbons (Fsp3) is 0.727. The van der Waals surface area contributed by atoms with Gasteiger partial charge in [-0.25, -0.2) is 9.59 Å². The fourth-order valence-electron chi connectivity index (χ4n) is 2.11. The maximum absolute atomic E-state index is 11.9. The van der Waals surface area contributed by atoms with E-state index in [1.807, 2.05) is 0 Å². The lowest BCUT2D eigenvalue weighted by Crippen LogP contribution is -2.61. The predicted molar refractivity (Wildman–Crippen MR) is 61.9 cm³/mol. The molecule has 2 rings (SSSR count). The molecule has 7 heteroatoms. The van der Waals surface area contributed by atoms with E-state index >= 15 is 0 Å². The summed E-state index contributed by atoms with van der Waals surface area (Å²) in [5.41, 5.74) is 0. The quantitative estimate of drug-likeness (QED) is 0.626. The van der Waals surface area contributed by atoms with Crippen LogP contribution in [0.2, 0.25) is 0 Å². The van der Waals surface area contributed by atoms with Crippen molar-refractivity contribution >= 4 is 17.9 Å². The van der Waals surface area contributed by atoms with Gasteiger partial charge in [0, 0.05) is 13.1 Å². The first kappa shape index (κ1) is 12.7. The summed E-state index contributed by atoms with van der Waals surface area (Å²) in [5, 5.41) is 14.2. The van der Waals surface area contributed by atoms with Crippen LogP contribution in [0.1, 0.15) is 19.3 Å². The van der Waals surface area contributed by atoms with Gasteiger partial charge in [-0.15, -0.1) is 0 Å². The summed E-state index contributed by atoms with van der Waals surface area (Å²) in [6, 6.07) is -1.45. The molecule has 1 saturated carbocycles. The van der Waals surface area contributed by atoms with Gasteiger partial charge in [0.1, 0.15) is 12.6 Å². The van der Waals surface area contributed by atoms with Crippen LogP contribution in [0, 0.1) is 5.92 Å². The second kappa shape index (κ2) is 5.24. The first-order valence-corrected chi connectivity index (χ1v) is 6.12. The van der Waals surface area contributed by atoms with Gasteiger partial charge in [-0.05, 0) is 18.8 Å². The minimum atomic E-state index is -1.10. The van der Waals surface area contributed by atoms with E-state index < -0.39 is 18.0 Å². The molecule has 0 radical (unpaired) electrons. The first-order chi connectivity index (χ1) is 8.58. The zero-order chi connectivity index (χ0) is 13.1. The van der Waals surface area contributed by atoms with Gasteiger partial charge in [-0.1, -0.05) is 6.42 Å². The van der Waals surface area contributed by atoms with Crippen LogP contribution in [0.5, 0.6) is 0 Å². The number of hydrogen-bond acceptors (Lipinski definition) is 3. The van der Waals surface area contributed by atoms with Crippen molar-refractivity contribution in [2.45, 2.75) is 25.3 Å². The molecular formula is C11H17N3O4. The maximum atomic E-state index is 11.9. The smallest absolute Gasteiger partial charge is 0.328 e. The van der Waals surface area contributed by atoms with Gasteiger partial charge in [0.15, 0.2) is 0 Å². The molecule has 3 N–H and O–H groups in total. The highest BCUT2D eigenvalue weighted by Crippen LogP contribution is 2.25. The van der Waals surface area contributed by atoms with Crippen molar-refractivity contribution < 1.29 is 19.5 Å². The Kier molecular flexibility index (Phi) is 3.69. The summed E-state index contributed by atoms with van der Waals surface area (Å²) < 4.78 is 0. The normalized spacial score (nSPS) is 24.1. The van der Waals surface area contributed by atoms with Gasteiger partial charge >= 0.3 is 12.0 Å². The third-order valence-electron chi connectivity index (χ3n) is 3.50. The van der Waals surface area contributed by atoms with Crippen LogP contribution in [0.3, 0.4) is 0 Å². The number of aliphatic carboxylic acids is 1. The highest BCUT2D eigenvalue weighted by molar-refractivity contribution is 5.90. The molecule has 1 heterocycles. The van der Waals surface area contributed by atoms with Crippen molar-refractivity contribution in [1.29, 1.82) is 0 Å². The Hall–Kier alpha value is -1.79. The molecule has 2 fully saturated rings. The molecule has 0 bridgehead atoms. The van der Waals surface area contributed by atoms with Crippen LogP contribution in [0.25, 0.3) is 0 Å². The second-order valence-electron chi connectivity index (χ2n) is 4.77. The zero-order valence-corrected chi connectivity index (χ0v) is 10.0. The van der Waals surface area contributed by atoms with Crippen molar-refractivity contribution in [3.63, 3.8) is 0 Å². The highest BCUT2D eigenvalue weighted by Gasteiger charge is 2.35. The monoisotopic (exact) mass is 255 g/mol. The molecule has 2 aliphatic rings. The summed E-state index contributed by atoms with van der Waals surface area (Å²) >= 11 is 0. The Bertz CT molecular complexity index is 367. The van der Waals surface area contributed by atoms with E-state index in [2.05, 4.69) is 10.6 Å². The summed E-state index contributed by atoms with van der Waals surface area (Å²) in [4.78, 5) is 35.2. The minimum absolute atomic E-state index is 0.0367. The molecule has 0 aromatic carbocycles. The molecule has 1 aliphatic heterocycles. The van der Waals surface area contributed by atoms with Gasteiger partial charge in [0.2, 0.25) is 5.91 Å². The Balaban J connectivity index is 1.91. The van der Waals surface area contributed by atoms with Crippen LogP contribution in [0.4, 0.5) is 4.79 Å². The van der Waals surface area contributed by atoms with Gasteiger partial charge in [-0.2, -0.15) is 0 Å². The molecule has 7 nitrogen and oxygen atoms in total. The predicted octanol–water partition coefficient (Wildman–Crippen LogP) is -0.619. The molecule has 3 amide bonds. The van der Waals surface area contributed by atoms with Crippen molar-refractivity contribution in [2.24, 2.45) is 5.92 Å². The van der Waals surface area contributed by atoms with Crippen LogP contribution >= 0.6 is 0 Å². The van der Waals surface area contributed by atoms with Crippen LogP contribution in [-0.4, -0.2) is 53.6 Å². The van der Waals surface area contributed by atoms with Crippen LogP contribution in [0.15, 0.2) is 0 Å². The lowest BCUT2D eigenvalue weighted by atomic mass is 9.85. The lowest BCUT2D eigenvalue weighted by molar-refractivity contribution is -0.144. The highest BCUT2D eigenvalue weighted by atomic mass is 16.4. The van der Waals surface area contributed by atoms with Gasteiger partial charge < -0.3 is 15.7 Å².